The van der Waals surface area contributed by atoms with E-state index >= 15 is 0 Å². The molecule has 0 heterocycles. The number of halogens is 1. The molecule has 94 valence electrons. The van der Waals surface area contributed by atoms with Crippen molar-refractivity contribution in [3.63, 3.8) is 0 Å². The Kier molecular flexibility index (Phi) is 5.49. The smallest absolute Gasteiger partial charge is 0.238 e. The van der Waals surface area contributed by atoms with E-state index in [0.29, 0.717) is 12.3 Å². The molecule has 0 aliphatic heterocycles. The highest BCUT2D eigenvalue weighted by Crippen LogP contribution is 2.15. The van der Waals surface area contributed by atoms with Gasteiger partial charge < -0.3 is 5.32 Å². The van der Waals surface area contributed by atoms with Gasteiger partial charge in [0.15, 0.2) is 0 Å². The molecule has 0 unspecified atom stereocenters. The molecular weight excluding hydrogens is 234 g/mol. The van der Waals surface area contributed by atoms with E-state index in [4.69, 9.17) is 11.6 Å². The highest BCUT2D eigenvalue weighted by atomic mass is 35.5. The van der Waals surface area contributed by atoms with Gasteiger partial charge in [0.2, 0.25) is 5.91 Å². The molecule has 17 heavy (non-hydrogen) atoms. The molecule has 1 N–H and O–H groups in total. The first kappa shape index (κ1) is 14.0. The number of benzene rings is 1. The van der Waals surface area contributed by atoms with Gasteiger partial charge in [0.05, 0.1) is 6.04 Å². The first-order chi connectivity index (χ1) is 8.00. The average Bonchev–Trinajstić information content (AvgIpc) is 2.29. The van der Waals surface area contributed by atoms with Gasteiger partial charge >= 0.3 is 0 Å². The summed E-state index contributed by atoms with van der Waals surface area (Å²) in [6, 6.07) is 9.88. The predicted molar refractivity (Wildman–Crippen MR) is 72.1 cm³/mol. The van der Waals surface area contributed by atoms with Crippen LogP contribution in [-0.2, 0) is 4.79 Å². The minimum absolute atomic E-state index is 0.00267. The fourth-order valence-corrected chi connectivity index (χ4v) is 2.07. The van der Waals surface area contributed by atoms with Gasteiger partial charge in [-0.05, 0) is 24.8 Å². The summed E-state index contributed by atoms with van der Waals surface area (Å²) in [6.45, 7) is 6.08. The lowest BCUT2D eigenvalue weighted by atomic mass is 10.1. The predicted octanol–water partition coefficient (Wildman–Crippen LogP) is 3.52. The maximum atomic E-state index is 11.8. The van der Waals surface area contributed by atoms with Crippen LogP contribution in [0.15, 0.2) is 30.3 Å². The number of carbonyl (C=O) groups excluding carboxylic acids is 1. The molecule has 0 fully saturated rings. The van der Waals surface area contributed by atoms with Crippen LogP contribution in [0.4, 0.5) is 0 Å². The van der Waals surface area contributed by atoms with Crippen molar-refractivity contribution in [3.05, 3.63) is 35.9 Å². The summed E-state index contributed by atoms with van der Waals surface area (Å²) in [5.74, 6) is 0.340. The Hall–Kier alpha value is -1.02. The van der Waals surface area contributed by atoms with Crippen LogP contribution < -0.4 is 5.32 Å². The normalized spacial score (nSPS) is 14.4. The summed E-state index contributed by atoms with van der Waals surface area (Å²) < 4.78 is 0. The molecule has 1 amide bonds. The maximum Gasteiger partial charge on any atom is 0.238 e. The van der Waals surface area contributed by atoms with Crippen LogP contribution in [0.2, 0.25) is 0 Å². The van der Waals surface area contributed by atoms with Crippen molar-refractivity contribution in [1.29, 1.82) is 0 Å². The molecule has 3 heteroatoms. The number of hydrogen-bond donors (Lipinski definition) is 1. The van der Waals surface area contributed by atoms with Crippen LogP contribution in [-0.4, -0.2) is 11.3 Å². The SMILES string of the molecule is CC(C)C[C@@H](Cl)C(=O)N[C@H](C)c1ccccc1. The number of carbonyl (C=O) groups is 1. The fourth-order valence-electron chi connectivity index (χ4n) is 1.65. The van der Waals surface area contributed by atoms with Crippen molar-refractivity contribution >= 4 is 17.5 Å². The van der Waals surface area contributed by atoms with E-state index in [9.17, 15) is 4.79 Å². The molecule has 2 nitrogen and oxygen atoms in total. The van der Waals surface area contributed by atoms with Gasteiger partial charge in [-0.1, -0.05) is 44.2 Å². The molecule has 2 atom stereocenters. The third kappa shape index (κ3) is 4.78. The van der Waals surface area contributed by atoms with Gasteiger partial charge in [0.25, 0.3) is 0 Å². The van der Waals surface area contributed by atoms with E-state index < -0.39 is 5.38 Å². The van der Waals surface area contributed by atoms with E-state index in [1.807, 2.05) is 37.3 Å². The molecule has 1 aromatic rings. The summed E-state index contributed by atoms with van der Waals surface area (Å²) in [4.78, 5) is 11.8. The second-order valence-corrected chi connectivity index (χ2v) is 5.26. The van der Waals surface area contributed by atoms with Crippen LogP contribution >= 0.6 is 11.6 Å². The quantitative estimate of drug-likeness (QED) is 0.800. The van der Waals surface area contributed by atoms with Crippen LogP contribution in [0.25, 0.3) is 0 Å². The average molecular weight is 254 g/mol. The molecule has 1 aromatic carbocycles. The molecule has 0 saturated carbocycles. The van der Waals surface area contributed by atoms with Crippen LogP contribution in [0.5, 0.6) is 0 Å². The van der Waals surface area contributed by atoms with E-state index in [-0.39, 0.29) is 11.9 Å². The third-order valence-corrected chi connectivity index (χ3v) is 3.00. The second kappa shape index (κ2) is 6.65. The van der Waals surface area contributed by atoms with E-state index in [2.05, 4.69) is 19.2 Å². The number of nitrogens with one attached hydrogen (secondary N) is 1. The minimum Gasteiger partial charge on any atom is -0.348 e. The lowest BCUT2D eigenvalue weighted by Crippen LogP contribution is -2.34. The number of amides is 1. The largest absolute Gasteiger partial charge is 0.348 e. The van der Waals surface area contributed by atoms with Crippen molar-refractivity contribution in [1.82, 2.24) is 5.32 Å². The van der Waals surface area contributed by atoms with Crippen molar-refractivity contribution < 1.29 is 4.79 Å². The Morgan fingerprint density at radius 2 is 1.82 bits per heavy atom. The minimum atomic E-state index is -0.443. The number of rotatable bonds is 5. The lowest BCUT2D eigenvalue weighted by Gasteiger charge is -2.17. The summed E-state index contributed by atoms with van der Waals surface area (Å²) in [6.07, 6.45) is 0.703. The Balaban J connectivity index is 2.51. The van der Waals surface area contributed by atoms with Crippen LogP contribution in [0, 0.1) is 5.92 Å². The molecule has 0 aliphatic carbocycles. The van der Waals surface area contributed by atoms with Gasteiger partial charge in [-0.25, -0.2) is 0 Å². The van der Waals surface area contributed by atoms with E-state index in [1.165, 1.54) is 0 Å². The van der Waals surface area contributed by atoms with Gasteiger partial charge in [-0.15, -0.1) is 11.6 Å². The van der Waals surface area contributed by atoms with Crippen molar-refractivity contribution in [2.75, 3.05) is 0 Å². The molecule has 1 rings (SSSR count). The molecule has 0 aromatic heterocycles. The molecule has 0 radical (unpaired) electrons. The highest BCUT2D eigenvalue weighted by molar-refractivity contribution is 6.30. The van der Waals surface area contributed by atoms with Gasteiger partial charge in [-0.2, -0.15) is 0 Å². The monoisotopic (exact) mass is 253 g/mol. The summed E-state index contributed by atoms with van der Waals surface area (Å²) >= 11 is 6.05. The zero-order valence-electron chi connectivity index (χ0n) is 10.6. The van der Waals surface area contributed by atoms with E-state index in [0.717, 1.165) is 5.56 Å². The standard InChI is InChI=1S/C14H20ClNO/c1-10(2)9-13(15)14(17)16-11(3)12-7-5-4-6-8-12/h4-8,10-11,13H,9H2,1-3H3,(H,16,17)/t11-,13-/m1/s1. The van der Waals surface area contributed by atoms with Crippen molar-refractivity contribution in [3.8, 4) is 0 Å². The fraction of sp³-hybridized carbons (Fsp3) is 0.500. The molecule has 0 bridgehead atoms. The van der Waals surface area contributed by atoms with Gasteiger partial charge in [0.1, 0.15) is 5.38 Å². The summed E-state index contributed by atoms with van der Waals surface area (Å²) in [7, 11) is 0. The highest BCUT2D eigenvalue weighted by Gasteiger charge is 2.18. The Morgan fingerprint density at radius 1 is 1.24 bits per heavy atom. The van der Waals surface area contributed by atoms with Gasteiger partial charge in [0, 0.05) is 0 Å². The zero-order valence-corrected chi connectivity index (χ0v) is 11.4. The second-order valence-electron chi connectivity index (χ2n) is 4.74. The molecule has 0 aliphatic rings. The molecule has 0 saturated heterocycles. The van der Waals surface area contributed by atoms with Gasteiger partial charge in [-0.3, -0.25) is 4.79 Å². The Morgan fingerprint density at radius 3 is 2.35 bits per heavy atom. The lowest BCUT2D eigenvalue weighted by molar-refractivity contribution is -0.121. The first-order valence-corrected chi connectivity index (χ1v) is 6.43. The summed E-state index contributed by atoms with van der Waals surface area (Å²) in [5, 5.41) is 2.49. The van der Waals surface area contributed by atoms with E-state index in [1.54, 1.807) is 0 Å². The first-order valence-electron chi connectivity index (χ1n) is 6.00. The molecular formula is C14H20ClNO. The topological polar surface area (TPSA) is 29.1 Å². The molecule has 0 spiro atoms. The van der Waals surface area contributed by atoms with Crippen molar-refractivity contribution in [2.45, 2.75) is 38.6 Å². The Labute approximate surface area is 108 Å². The van der Waals surface area contributed by atoms with Crippen molar-refractivity contribution in [2.24, 2.45) is 5.92 Å². The number of alkyl halides is 1. The summed E-state index contributed by atoms with van der Waals surface area (Å²) in [5.41, 5.74) is 1.09. The number of hydrogen-bond acceptors (Lipinski definition) is 1. The van der Waals surface area contributed by atoms with Crippen LogP contribution in [0.3, 0.4) is 0 Å². The Bertz CT molecular complexity index is 350. The maximum absolute atomic E-state index is 11.8. The zero-order chi connectivity index (χ0) is 12.8. The third-order valence-electron chi connectivity index (χ3n) is 2.62. The van der Waals surface area contributed by atoms with Crippen LogP contribution in [0.1, 0.15) is 38.8 Å².